The highest BCUT2D eigenvalue weighted by atomic mass is 16.1. The van der Waals surface area contributed by atoms with Crippen molar-refractivity contribution in [1.82, 2.24) is 0 Å². The largest absolute Gasteiger partial charge is 0.300 e. The maximum Gasteiger partial charge on any atom is 0.131 e. The van der Waals surface area contributed by atoms with E-state index in [4.69, 9.17) is 0 Å². The highest BCUT2D eigenvalue weighted by Crippen LogP contribution is 2.34. The molecule has 0 spiro atoms. The van der Waals surface area contributed by atoms with Gasteiger partial charge in [-0.15, -0.1) is 0 Å². The number of ketones is 1. The Morgan fingerprint density at radius 2 is 1.75 bits per heavy atom. The molecule has 1 aromatic rings. The zero-order valence-electron chi connectivity index (χ0n) is 10.6. The summed E-state index contributed by atoms with van der Waals surface area (Å²) < 4.78 is 0. The summed E-state index contributed by atoms with van der Waals surface area (Å²) in [5.74, 6) is 0.200. The van der Waals surface area contributed by atoms with Gasteiger partial charge in [0.1, 0.15) is 5.78 Å². The molecule has 0 aliphatic heterocycles. The van der Waals surface area contributed by atoms with Crippen LogP contribution in [0.25, 0.3) is 0 Å². The molecule has 0 aliphatic rings. The first kappa shape index (κ1) is 12.7. The van der Waals surface area contributed by atoms with Gasteiger partial charge in [0.15, 0.2) is 0 Å². The summed E-state index contributed by atoms with van der Waals surface area (Å²) in [6, 6.07) is 8.34. The molecule has 0 N–H and O–H groups in total. The Bertz CT molecular complexity index is 400. The minimum Gasteiger partial charge on any atom is -0.300 e. The zero-order chi connectivity index (χ0) is 12.3. The Morgan fingerprint density at radius 3 is 2.12 bits per heavy atom. The van der Waals surface area contributed by atoms with E-state index in [2.05, 4.69) is 44.7 Å². The van der Waals surface area contributed by atoms with Crippen LogP contribution in [0.4, 0.5) is 0 Å². The number of rotatable bonds is 4. The summed E-state index contributed by atoms with van der Waals surface area (Å²) in [5.41, 5.74) is 3.20. The molecule has 0 aliphatic carbocycles. The molecule has 0 heterocycles. The van der Waals surface area contributed by atoms with Crippen molar-refractivity contribution in [2.45, 2.75) is 39.5 Å². The molecule has 0 amide bonds. The Labute approximate surface area is 98.2 Å². The highest BCUT2D eigenvalue weighted by molar-refractivity contribution is 5.78. The number of carbonyl (C=O) groups excluding carboxylic acids is 1. The van der Waals surface area contributed by atoms with Crippen molar-refractivity contribution in [1.29, 1.82) is 0 Å². The topological polar surface area (TPSA) is 17.1 Å². The summed E-state index contributed by atoms with van der Waals surface area (Å²) in [6.45, 7) is 11.8. The standard InChI is InChI=1S/C15H20O/c1-11(2)15(5,10-13(4)16)14-8-6-12(3)7-9-14/h6-9H,1,10H2,2-5H3. The fourth-order valence-corrected chi connectivity index (χ4v) is 1.92. The molecule has 0 radical (unpaired) electrons. The first-order valence-corrected chi connectivity index (χ1v) is 5.59. The molecular weight excluding hydrogens is 196 g/mol. The van der Waals surface area contributed by atoms with Gasteiger partial charge in [-0.25, -0.2) is 0 Å². The number of Topliss-reactive ketones (excluding diaryl/α,β-unsaturated/α-hetero) is 1. The lowest BCUT2D eigenvalue weighted by Crippen LogP contribution is -2.26. The predicted octanol–water partition coefficient (Wildman–Crippen LogP) is 3.81. The molecule has 0 saturated heterocycles. The SMILES string of the molecule is C=C(C)C(C)(CC(C)=O)c1ccc(C)cc1. The predicted molar refractivity (Wildman–Crippen MR) is 68.6 cm³/mol. The number of aryl methyl sites for hydroxylation is 1. The molecule has 1 nitrogen and oxygen atoms in total. The lowest BCUT2D eigenvalue weighted by atomic mass is 9.73. The van der Waals surface area contributed by atoms with E-state index >= 15 is 0 Å². The zero-order valence-corrected chi connectivity index (χ0v) is 10.6. The number of hydrogen-bond acceptors (Lipinski definition) is 1. The molecule has 1 unspecified atom stereocenters. The van der Waals surface area contributed by atoms with E-state index in [-0.39, 0.29) is 11.2 Å². The minimum absolute atomic E-state index is 0.200. The van der Waals surface area contributed by atoms with E-state index in [0.717, 1.165) is 5.57 Å². The molecule has 86 valence electrons. The van der Waals surface area contributed by atoms with Crippen LogP contribution in [0, 0.1) is 6.92 Å². The summed E-state index contributed by atoms with van der Waals surface area (Å²) >= 11 is 0. The van der Waals surface area contributed by atoms with Gasteiger partial charge < -0.3 is 0 Å². The molecule has 1 atom stereocenters. The molecule has 1 rings (SSSR count). The van der Waals surface area contributed by atoms with Crippen molar-refractivity contribution in [2.75, 3.05) is 0 Å². The van der Waals surface area contributed by atoms with Crippen molar-refractivity contribution in [3.05, 3.63) is 47.5 Å². The molecule has 0 bridgehead atoms. The van der Waals surface area contributed by atoms with Crippen LogP contribution in [0.5, 0.6) is 0 Å². The van der Waals surface area contributed by atoms with E-state index in [1.54, 1.807) is 6.92 Å². The summed E-state index contributed by atoms with van der Waals surface area (Å²) in [7, 11) is 0. The van der Waals surface area contributed by atoms with Gasteiger partial charge in [0.2, 0.25) is 0 Å². The number of allylic oxidation sites excluding steroid dienone is 1. The van der Waals surface area contributed by atoms with Gasteiger partial charge in [0.25, 0.3) is 0 Å². The van der Waals surface area contributed by atoms with Gasteiger partial charge in [0.05, 0.1) is 0 Å². The lowest BCUT2D eigenvalue weighted by Gasteiger charge is -2.30. The van der Waals surface area contributed by atoms with Crippen molar-refractivity contribution in [3.8, 4) is 0 Å². The first-order chi connectivity index (χ1) is 7.36. The fraction of sp³-hybridized carbons (Fsp3) is 0.400. The molecule has 0 fully saturated rings. The normalized spacial score (nSPS) is 14.2. The Morgan fingerprint density at radius 1 is 1.25 bits per heavy atom. The van der Waals surface area contributed by atoms with Crippen LogP contribution in [0.1, 0.15) is 38.3 Å². The lowest BCUT2D eigenvalue weighted by molar-refractivity contribution is -0.117. The smallest absolute Gasteiger partial charge is 0.131 e. The van der Waals surface area contributed by atoms with Crippen molar-refractivity contribution >= 4 is 5.78 Å². The van der Waals surface area contributed by atoms with Gasteiger partial charge in [-0.2, -0.15) is 0 Å². The molecular formula is C15H20O. The van der Waals surface area contributed by atoms with Crippen molar-refractivity contribution in [3.63, 3.8) is 0 Å². The molecule has 1 heteroatoms. The third-order valence-corrected chi connectivity index (χ3v) is 3.23. The van der Waals surface area contributed by atoms with Crippen LogP contribution >= 0.6 is 0 Å². The summed E-state index contributed by atoms with van der Waals surface area (Å²) in [4.78, 5) is 11.4. The second-order valence-corrected chi connectivity index (χ2v) is 4.86. The van der Waals surface area contributed by atoms with Crippen LogP contribution in [-0.2, 0) is 10.2 Å². The monoisotopic (exact) mass is 216 g/mol. The average molecular weight is 216 g/mol. The third kappa shape index (κ3) is 2.60. The Balaban J connectivity index is 3.16. The number of benzene rings is 1. The van der Waals surface area contributed by atoms with Crippen molar-refractivity contribution < 1.29 is 4.79 Å². The van der Waals surface area contributed by atoms with Crippen LogP contribution in [0.2, 0.25) is 0 Å². The summed E-state index contributed by atoms with van der Waals surface area (Å²) in [5, 5.41) is 0. The molecule has 1 aromatic carbocycles. The van der Waals surface area contributed by atoms with Crippen LogP contribution in [0.15, 0.2) is 36.4 Å². The van der Waals surface area contributed by atoms with E-state index in [1.165, 1.54) is 11.1 Å². The molecule has 0 aromatic heterocycles. The van der Waals surface area contributed by atoms with Crippen molar-refractivity contribution in [2.24, 2.45) is 0 Å². The Kier molecular flexibility index (Phi) is 3.69. The van der Waals surface area contributed by atoms with Crippen LogP contribution < -0.4 is 0 Å². The van der Waals surface area contributed by atoms with Gasteiger partial charge in [0, 0.05) is 11.8 Å². The van der Waals surface area contributed by atoms with Crippen LogP contribution in [0.3, 0.4) is 0 Å². The minimum atomic E-state index is -0.237. The van der Waals surface area contributed by atoms with Gasteiger partial charge in [-0.1, -0.05) is 48.9 Å². The van der Waals surface area contributed by atoms with Gasteiger partial charge >= 0.3 is 0 Å². The van der Waals surface area contributed by atoms with Crippen LogP contribution in [-0.4, -0.2) is 5.78 Å². The second-order valence-electron chi connectivity index (χ2n) is 4.86. The van der Waals surface area contributed by atoms with E-state index < -0.39 is 0 Å². The molecule has 0 saturated carbocycles. The third-order valence-electron chi connectivity index (χ3n) is 3.23. The Hall–Kier alpha value is -1.37. The quantitative estimate of drug-likeness (QED) is 0.699. The first-order valence-electron chi connectivity index (χ1n) is 5.59. The maximum absolute atomic E-state index is 11.4. The van der Waals surface area contributed by atoms with Gasteiger partial charge in [-0.05, 0) is 26.3 Å². The van der Waals surface area contributed by atoms with E-state index in [1.807, 2.05) is 6.92 Å². The molecule has 16 heavy (non-hydrogen) atoms. The van der Waals surface area contributed by atoms with Gasteiger partial charge in [-0.3, -0.25) is 4.79 Å². The average Bonchev–Trinajstić information content (AvgIpc) is 2.17. The highest BCUT2D eigenvalue weighted by Gasteiger charge is 2.28. The number of hydrogen-bond donors (Lipinski definition) is 0. The van der Waals surface area contributed by atoms with E-state index in [0.29, 0.717) is 6.42 Å². The summed E-state index contributed by atoms with van der Waals surface area (Å²) in [6.07, 6.45) is 0.519. The maximum atomic E-state index is 11.4. The van der Waals surface area contributed by atoms with E-state index in [9.17, 15) is 4.79 Å². The number of carbonyl (C=O) groups is 1. The second kappa shape index (κ2) is 4.65. The fourth-order valence-electron chi connectivity index (χ4n) is 1.92.